The van der Waals surface area contributed by atoms with E-state index in [0.717, 1.165) is 37.6 Å². The van der Waals surface area contributed by atoms with Crippen LogP contribution < -0.4 is 5.56 Å². The maximum absolute atomic E-state index is 13.3. The number of fused-ring (bicyclic) bond motifs is 1. The molecule has 0 saturated carbocycles. The Bertz CT molecular complexity index is 985. The van der Waals surface area contributed by atoms with Crippen LogP contribution in [-0.4, -0.2) is 52.6 Å². The van der Waals surface area contributed by atoms with E-state index >= 15 is 0 Å². The Morgan fingerprint density at radius 2 is 1.79 bits per heavy atom. The molecule has 2 aromatic heterocycles. The van der Waals surface area contributed by atoms with E-state index < -0.39 is 0 Å². The molecule has 3 aromatic rings. The van der Waals surface area contributed by atoms with Crippen molar-refractivity contribution in [1.29, 1.82) is 0 Å². The van der Waals surface area contributed by atoms with Gasteiger partial charge in [-0.15, -0.1) is 0 Å². The van der Waals surface area contributed by atoms with Crippen LogP contribution in [0.5, 0.6) is 0 Å². The topological polar surface area (TPSA) is 54.5 Å². The first-order chi connectivity index (χ1) is 13.5. The molecule has 3 heterocycles. The van der Waals surface area contributed by atoms with Crippen LogP contribution >= 0.6 is 0 Å². The van der Waals surface area contributed by atoms with Gasteiger partial charge in [0.05, 0.1) is 18.8 Å². The molecule has 0 spiro atoms. The number of hydrogen-bond acceptors (Lipinski definition) is 5. The molecule has 4 rings (SSSR count). The molecular formula is C22H28N4O2. The van der Waals surface area contributed by atoms with Crippen molar-refractivity contribution in [1.82, 2.24) is 19.4 Å². The Kier molecular flexibility index (Phi) is 5.33. The van der Waals surface area contributed by atoms with Gasteiger partial charge in [0.25, 0.3) is 5.56 Å². The summed E-state index contributed by atoms with van der Waals surface area (Å²) >= 11 is 0. The third-order valence-corrected chi connectivity index (χ3v) is 5.62. The maximum Gasteiger partial charge on any atom is 0.265 e. The Hall–Kier alpha value is -2.44. The third kappa shape index (κ3) is 3.62. The lowest BCUT2D eigenvalue weighted by atomic mass is 10.00. The first-order valence-corrected chi connectivity index (χ1v) is 9.99. The van der Waals surface area contributed by atoms with E-state index in [1.54, 1.807) is 12.3 Å². The van der Waals surface area contributed by atoms with Crippen molar-refractivity contribution in [3.05, 3.63) is 64.4 Å². The van der Waals surface area contributed by atoms with E-state index in [1.807, 2.05) is 22.8 Å². The van der Waals surface area contributed by atoms with E-state index in [1.165, 1.54) is 0 Å². The van der Waals surface area contributed by atoms with Gasteiger partial charge >= 0.3 is 0 Å². The molecule has 6 nitrogen and oxygen atoms in total. The summed E-state index contributed by atoms with van der Waals surface area (Å²) in [4.78, 5) is 23.0. The molecule has 6 heteroatoms. The summed E-state index contributed by atoms with van der Waals surface area (Å²) in [5.74, 6) is 1.13. The van der Waals surface area contributed by atoms with Crippen molar-refractivity contribution >= 4 is 11.1 Å². The van der Waals surface area contributed by atoms with Gasteiger partial charge in [-0.05, 0) is 24.6 Å². The number of likely N-dealkylation sites (N-methyl/N-ethyl adjacent to an activating group) is 1. The summed E-state index contributed by atoms with van der Waals surface area (Å²) in [5, 5.41) is 0.542. The minimum Gasteiger partial charge on any atom is -0.446 e. The Morgan fingerprint density at radius 1 is 1.07 bits per heavy atom. The lowest BCUT2D eigenvalue weighted by Gasteiger charge is -2.40. The summed E-state index contributed by atoms with van der Waals surface area (Å²) in [6.07, 6.45) is 1.55. The number of furan rings is 1. The molecule has 1 saturated heterocycles. The Balaban J connectivity index is 1.83. The predicted octanol–water partition coefficient (Wildman–Crippen LogP) is 2.98. The molecule has 0 bridgehead atoms. The van der Waals surface area contributed by atoms with Gasteiger partial charge in [-0.3, -0.25) is 14.3 Å². The van der Waals surface area contributed by atoms with Crippen LogP contribution in [0.2, 0.25) is 0 Å². The van der Waals surface area contributed by atoms with Gasteiger partial charge in [-0.25, -0.2) is 0 Å². The number of rotatable bonds is 5. The summed E-state index contributed by atoms with van der Waals surface area (Å²) in [6, 6.07) is 11.9. The highest BCUT2D eigenvalue weighted by Crippen LogP contribution is 2.29. The van der Waals surface area contributed by atoms with Crippen LogP contribution in [0.1, 0.15) is 31.3 Å². The number of hydrogen-bond donors (Lipinski definition) is 0. The van der Waals surface area contributed by atoms with Gasteiger partial charge in [0.1, 0.15) is 11.2 Å². The van der Waals surface area contributed by atoms with Gasteiger partial charge in [0.2, 0.25) is 5.71 Å². The van der Waals surface area contributed by atoms with Crippen molar-refractivity contribution in [3.8, 4) is 0 Å². The smallest absolute Gasteiger partial charge is 0.265 e. The first kappa shape index (κ1) is 18.9. The molecule has 0 amide bonds. The minimum atomic E-state index is -0.0302. The predicted molar refractivity (Wildman–Crippen MR) is 110 cm³/mol. The normalized spacial score (nSPS) is 17.4. The Morgan fingerprint density at radius 3 is 2.46 bits per heavy atom. The molecule has 1 unspecified atom stereocenters. The van der Waals surface area contributed by atoms with E-state index in [4.69, 9.17) is 9.40 Å². The van der Waals surface area contributed by atoms with Crippen LogP contribution in [0, 0.1) is 5.92 Å². The average Bonchev–Trinajstić information content (AvgIpc) is 3.16. The molecule has 148 valence electrons. The van der Waals surface area contributed by atoms with E-state index in [9.17, 15) is 4.79 Å². The van der Waals surface area contributed by atoms with Crippen LogP contribution in [0.15, 0.2) is 51.9 Å². The quantitative estimate of drug-likeness (QED) is 0.681. The minimum absolute atomic E-state index is 0.0302. The molecular weight excluding hydrogens is 352 g/mol. The summed E-state index contributed by atoms with van der Waals surface area (Å²) < 4.78 is 7.37. The van der Waals surface area contributed by atoms with Gasteiger partial charge in [-0.2, -0.15) is 4.98 Å². The highest BCUT2D eigenvalue weighted by Gasteiger charge is 2.31. The SMILES string of the molecule is CC(C)C(c1nc2occc2c(=O)n1Cc1ccccc1)N1CCN(C)CC1. The van der Waals surface area contributed by atoms with Crippen LogP contribution in [-0.2, 0) is 6.54 Å². The zero-order valence-corrected chi connectivity index (χ0v) is 16.8. The molecule has 1 atom stereocenters. The van der Waals surface area contributed by atoms with Crippen LogP contribution in [0.4, 0.5) is 0 Å². The molecule has 0 N–H and O–H groups in total. The highest BCUT2D eigenvalue weighted by atomic mass is 16.3. The zero-order valence-electron chi connectivity index (χ0n) is 16.8. The van der Waals surface area contributed by atoms with Crippen molar-refractivity contribution < 1.29 is 4.42 Å². The van der Waals surface area contributed by atoms with Crippen molar-refractivity contribution in [2.45, 2.75) is 26.4 Å². The van der Waals surface area contributed by atoms with Gasteiger partial charge in [0, 0.05) is 26.2 Å². The molecule has 0 radical (unpaired) electrons. The third-order valence-electron chi connectivity index (χ3n) is 5.62. The number of nitrogens with zero attached hydrogens (tertiary/aromatic N) is 4. The number of aromatic nitrogens is 2. The summed E-state index contributed by atoms with van der Waals surface area (Å²) in [5.41, 5.74) is 1.50. The molecule has 1 aromatic carbocycles. The van der Waals surface area contributed by atoms with Crippen LogP contribution in [0.25, 0.3) is 11.1 Å². The standard InChI is InChI=1S/C22H28N4O2/c1-16(2)19(25-12-10-24(3)11-13-25)20-23-21-18(9-14-28-21)22(27)26(20)15-17-7-5-4-6-8-17/h4-9,14,16,19H,10-13,15H2,1-3H3. The fourth-order valence-corrected chi connectivity index (χ4v) is 4.09. The van der Waals surface area contributed by atoms with Crippen LogP contribution in [0.3, 0.4) is 0 Å². The second-order valence-corrected chi connectivity index (χ2v) is 8.01. The number of benzene rings is 1. The lowest BCUT2D eigenvalue weighted by molar-refractivity contribution is 0.0811. The molecule has 0 aliphatic carbocycles. The maximum atomic E-state index is 13.3. The average molecular weight is 380 g/mol. The largest absolute Gasteiger partial charge is 0.446 e. The van der Waals surface area contributed by atoms with Crippen molar-refractivity contribution in [2.24, 2.45) is 5.92 Å². The highest BCUT2D eigenvalue weighted by molar-refractivity contribution is 5.71. The molecule has 1 aliphatic heterocycles. The number of piperazine rings is 1. The summed E-state index contributed by atoms with van der Waals surface area (Å²) in [6.45, 7) is 8.90. The van der Waals surface area contributed by atoms with Gasteiger partial charge in [0.15, 0.2) is 0 Å². The van der Waals surface area contributed by atoms with Gasteiger partial charge in [-0.1, -0.05) is 44.2 Å². The van der Waals surface area contributed by atoms with Crippen molar-refractivity contribution in [2.75, 3.05) is 33.2 Å². The second kappa shape index (κ2) is 7.89. The monoisotopic (exact) mass is 380 g/mol. The van der Waals surface area contributed by atoms with E-state index in [-0.39, 0.29) is 11.6 Å². The van der Waals surface area contributed by atoms with Gasteiger partial charge < -0.3 is 9.32 Å². The van der Waals surface area contributed by atoms with E-state index in [2.05, 4.69) is 42.8 Å². The molecule has 28 heavy (non-hydrogen) atoms. The second-order valence-electron chi connectivity index (χ2n) is 8.01. The molecule has 1 fully saturated rings. The van der Waals surface area contributed by atoms with E-state index in [0.29, 0.717) is 23.6 Å². The fourth-order valence-electron chi connectivity index (χ4n) is 4.09. The first-order valence-electron chi connectivity index (χ1n) is 9.99. The summed E-state index contributed by atoms with van der Waals surface area (Å²) in [7, 11) is 2.15. The molecule has 1 aliphatic rings. The lowest BCUT2D eigenvalue weighted by Crippen LogP contribution is -2.48. The fraction of sp³-hybridized carbons (Fsp3) is 0.455. The Labute approximate surface area is 165 Å². The zero-order chi connectivity index (χ0) is 19.7. The van der Waals surface area contributed by atoms with Crippen molar-refractivity contribution in [3.63, 3.8) is 0 Å².